The van der Waals surface area contributed by atoms with Crippen molar-refractivity contribution in [2.45, 2.75) is 0 Å². The van der Waals surface area contributed by atoms with Crippen molar-refractivity contribution in [1.82, 2.24) is 0 Å². The summed E-state index contributed by atoms with van der Waals surface area (Å²) in [4.78, 5) is 25.4. The predicted octanol–water partition coefficient (Wildman–Crippen LogP) is 2.90. The van der Waals surface area contributed by atoms with Gasteiger partial charge in [0.2, 0.25) is 0 Å². The number of carbonyl (C=O) groups excluding carboxylic acids is 2. The van der Waals surface area contributed by atoms with Crippen molar-refractivity contribution in [1.29, 1.82) is 0 Å². The van der Waals surface area contributed by atoms with E-state index in [1.807, 2.05) is 0 Å². The monoisotopic (exact) mass is 312 g/mol. The Morgan fingerprint density at radius 2 is 2.00 bits per heavy atom. The molecule has 1 aliphatic heterocycles. The van der Waals surface area contributed by atoms with Gasteiger partial charge < -0.3 is 14.8 Å². The van der Waals surface area contributed by atoms with Crippen molar-refractivity contribution in [3.63, 3.8) is 0 Å². The Morgan fingerprint density at radius 1 is 1.22 bits per heavy atom. The van der Waals surface area contributed by atoms with Crippen molar-refractivity contribution < 1.29 is 19.1 Å². The molecule has 3 rings (SSSR count). The first-order valence-corrected chi connectivity index (χ1v) is 7.17. The second-order valence-electron chi connectivity index (χ2n) is 5.00. The van der Waals surface area contributed by atoms with E-state index < -0.39 is 0 Å². The van der Waals surface area contributed by atoms with Gasteiger partial charge >= 0.3 is 6.09 Å². The summed E-state index contributed by atoms with van der Waals surface area (Å²) in [5, 5.41) is 2.82. The number of benzene rings is 2. The zero-order valence-electron chi connectivity index (χ0n) is 12.6. The fourth-order valence-corrected chi connectivity index (χ4v) is 2.33. The highest BCUT2D eigenvalue weighted by atomic mass is 16.6. The molecule has 2 aromatic rings. The van der Waals surface area contributed by atoms with Crippen molar-refractivity contribution in [2.24, 2.45) is 0 Å². The van der Waals surface area contributed by atoms with Gasteiger partial charge in [-0.1, -0.05) is 6.07 Å². The van der Waals surface area contributed by atoms with Crippen LogP contribution in [0.3, 0.4) is 0 Å². The van der Waals surface area contributed by atoms with Crippen LogP contribution < -0.4 is 15.0 Å². The normalized spacial score (nSPS) is 13.6. The number of amides is 2. The molecule has 118 valence electrons. The van der Waals surface area contributed by atoms with Crippen LogP contribution in [-0.4, -0.2) is 32.3 Å². The first kappa shape index (κ1) is 14.9. The van der Waals surface area contributed by atoms with Crippen molar-refractivity contribution in [3.8, 4) is 5.75 Å². The summed E-state index contributed by atoms with van der Waals surface area (Å²) in [5.41, 5.74) is 1.83. The van der Waals surface area contributed by atoms with E-state index in [-0.39, 0.29) is 12.0 Å². The maximum atomic E-state index is 12.3. The average Bonchev–Trinajstić information content (AvgIpc) is 3.01. The molecule has 6 heteroatoms. The zero-order chi connectivity index (χ0) is 16.2. The second-order valence-corrected chi connectivity index (χ2v) is 5.00. The van der Waals surface area contributed by atoms with Gasteiger partial charge in [-0.2, -0.15) is 0 Å². The van der Waals surface area contributed by atoms with Gasteiger partial charge in [-0.05, 0) is 42.5 Å². The highest BCUT2D eigenvalue weighted by Gasteiger charge is 2.23. The minimum Gasteiger partial charge on any atom is -0.497 e. The smallest absolute Gasteiger partial charge is 0.414 e. The van der Waals surface area contributed by atoms with Crippen LogP contribution in [-0.2, 0) is 4.74 Å². The molecule has 1 saturated heterocycles. The van der Waals surface area contributed by atoms with Gasteiger partial charge in [0, 0.05) is 16.9 Å². The van der Waals surface area contributed by atoms with E-state index in [4.69, 9.17) is 9.47 Å². The van der Waals surface area contributed by atoms with E-state index in [0.717, 1.165) is 0 Å². The van der Waals surface area contributed by atoms with Crippen LogP contribution in [0.4, 0.5) is 16.2 Å². The van der Waals surface area contributed by atoms with Crippen LogP contribution in [0.1, 0.15) is 10.4 Å². The molecule has 1 fully saturated rings. The molecule has 2 amide bonds. The van der Waals surface area contributed by atoms with Gasteiger partial charge in [0.05, 0.1) is 13.7 Å². The minimum absolute atomic E-state index is 0.228. The Bertz CT molecular complexity index is 728. The van der Waals surface area contributed by atoms with Gasteiger partial charge in [-0.25, -0.2) is 4.79 Å². The molecule has 1 N–H and O–H groups in total. The summed E-state index contributed by atoms with van der Waals surface area (Å²) in [5.74, 6) is 0.463. The molecule has 0 spiro atoms. The fraction of sp³-hybridized carbons (Fsp3) is 0.176. The Kier molecular flexibility index (Phi) is 4.14. The molecule has 6 nitrogen and oxygen atoms in total. The SMILES string of the molecule is COc1ccc(C(=O)Nc2cccc(N3CCOC3=O)c2)cc1. The predicted molar refractivity (Wildman–Crippen MR) is 86.1 cm³/mol. The number of carbonyl (C=O) groups is 2. The van der Waals surface area contributed by atoms with Crippen molar-refractivity contribution in [2.75, 3.05) is 30.5 Å². The Hall–Kier alpha value is -3.02. The highest BCUT2D eigenvalue weighted by Crippen LogP contribution is 2.23. The third-order valence-electron chi connectivity index (χ3n) is 3.53. The van der Waals surface area contributed by atoms with Crippen LogP contribution >= 0.6 is 0 Å². The summed E-state index contributed by atoms with van der Waals surface area (Å²) in [6.07, 6.45) is -0.372. The van der Waals surface area contributed by atoms with Crippen LogP contribution in [0.15, 0.2) is 48.5 Å². The van der Waals surface area contributed by atoms with E-state index >= 15 is 0 Å². The third-order valence-corrected chi connectivity index (χ3v) is 3.53. The number of cyclic esters (lactones) is 1. The van der Waals surface area contributed by atoms with Crippen LogP contribution in [0, 0.1) is 0 Å². The molecule has 0 atom stereocenters. The quantitative estimate of drug-likeness (QED) is 0.942. The van der Waals surface area contributed by atoms with Gasteiger partial charge in [0.25, 0.3) is 5.91 Å². The van der Waals surface area contributed by atoms with E-state index in [2.05, 4.69) is 5.32 Å². The lowest BCUT2D eigenvalue weighted by Gasteiger charge is -2.14. The minimum atomic E-state index is -0.372. The van der Waals surface area contributed by atoms with Gasteiger partial charge in [-0.15, -0.1) is 0 Å². The van der Waals surface area contributed by atoms with E-state index in [0.29, 0.717) is 35.8 Å². The van der Waals surface area contributed by atoms with Crippen LogP contribution in [0.5, 0.6) is 5.75 Å². The largest absolute Gasteiger partial charge is 0.497 e. The maximum Gasteiger partial charge on any atom is 0.414 e. The first-order valence-electron chi connectivity index (χ1n) is 7.17. The Morgan fingerprint density at radius 3 is 2.65 bits per heavy atom. The number of anilines is 2. The zero-order valence-corrected chi connectivity index (χ0v) is 12.6. The lowest BCUT2D eigenvalue weighted by atomic mass is 10.2. The Labute approximate surface area is 133 Å². The van der Waals surface area contributed by atoms with Gasteiger partial charge in [-0.3, -0.25) is 9.69 Å². The summed E-state index contributed by atoms with van der Waals surface area (Å²) in [6.45, 7) is 0.885. The van der Waals surface area contributed by atoms with Gasteiger partial charge in [0.15, 0.2) is 0 Å². The molecule has 1 aliphatic rings. The molecular formula is C17H16N2O4. The highest BCUT2D eigenvalue weighted by molar-refractivity contribution is 6.04. The van der Waals surface area contributed by atoms with Gasteiger partial charge in [0.1, 0.15) is 12.4 Å². The summed E-state index contributed by atoms with van der Waals surface area (Å²) in [6, 6.07) is 13.9. The molecular weight excluding hydrogens is 296 g/mol. The first-order chi connectivity index (χ1) is 11.2. The average molecular weight is 312 g/mol. The number of nitrogens with one attached hydrogen (secondary N) is 1. The third kappa shape index (κ3) is 3.26. The molecule has 0 aliphatic carbocycles. The van der Waals surface area contributed by atoms with E-state index in [1.54, 1.807) is 55.6 Å². The number of nitrogens with zero attached hydrogens (tertiary/aromatic N) is 1. The standard InChI is InChI=1S/C17H16N2O4/c1-22-15-7-5-12(6-8-15)16(20)18-13-3-2-4-14(11-13)19-9-10-23-17(19)21/h2-8,11H,9-10H2,1H3,(H,18,20). The number of methoxy groups -OCH3 is 1. The molecule has 0 radical (unpaired) electrons. The lowest BCUT2D eigenvalue weighted by molar-refractivity contribution is 0.102. The topological polar surface area (TPSA) is 67.9 Å². The van der Waals surface area contributed by atoms with E-state index in [9.17, 15) is 9.59 Å². The maximum absolute atomic E-state index is 12.3. The molecule has 0 bridgehead atoms. The number of hydrogen-bond acceptors (Lipinski definition) is 4. The molecule has 0 unspecified atom stereocenters. The molecule has 2 aromatic carbocycles. The van der Waals surface area contributed by atoms with Crippen molar-refractivity contribution in [3.05, 3.63) is 54.1 Å². The summed E-state index contributed by atoms with van der Waals surface area (Å²) >= 11 is 0. The number of ether oxygens (including phenoxy) is 2. The lowest BCUT2D eigenvalue weighted by Crippen LogP contribution is -2.23. The molecule has 0 aromatic heterocycles. The van der Waals surface area contributed by atoms with Crippen LogP contribution in [0.25, 0.3) is 0 Å². The summed E-state index contributed by atoms with van der Waals surface area (Å²) in [7, 11) is 1.57. The molecule has 0 saturated carbocycles. The van der Waals surface area contributed by atoms with E-state index in [1.165, 1.54) is 4.90 Å². The van der Waals surface area contributed by atoms with Crippen molar-refractivity contribution >= 4 is 23.4 Å². The Balaban J connectivity index is 1.74. The van der Waals surface area contributed by atoms with Crippen LogP contribution in [0.2, 0.25) is 0 Å². The molecule has 1 heterocycles. The fourth-order valence-electron chi connectivity index (χ4n) is 2.33. The molecule has 23 heavy (non-hydrogen) atoms. The second kappa shape index (κ2) is 6.39. The number of rotatable bonds is 4. The number of hydrogen-bond donors (Lipinski definition) is 1. The summed E-state index contributed by atoms with van der Waals surface area (Å²) < 4.78 is 9.99.